The van der Waals surface area contributed by atoms with Crippen LogP contribution in [0, 0.1) is 11.8 Å². The lowest BCUT2D eigenvalue weighted by Crippen LogP contribution is -2.20. The van der Waals surface area contributed by atoms with Gasteiger partial charge in [-0.2, -0.15) is 0 Å². The van der Waals surface area contributed by atoms with Gasteiger partial charge in [-0.1, -0.05) is 13.8 Å². The Bertz CT molecular complexity index is 354. The van der Waals surface area contributed by atoms with Crippen LogP contribution < -0.4 is 5.32 Å². The number of anilines is 1. The molecule has 3 nitrogen and oxygen atoms in total. The zero-order valence-corrected chi connectivity index (χ0v) is 11.1. The van der Waals surface area contributed by atoms with Gasteiger partial charge in [0.1, 0.15) is 0 Å². The van der Waals surface area contributed by atoms with E-state index in [1.54, 1.807) is 0 Å². The van der Waals surface area contributed by atoms with Crippen LogP contribution in [0.3, 0.4) is 0 Å². The maximum absolute atomic E-state index is 4.45. The smallest absolute Gasteiger partial charge is 0.0564 e. The molecule has 1 fully saturated rings. The number of aromatic nitrogens is 1. The summed E-state index contributed by atoms with van der Waals surface area (Å²) in [6, 6.07) is 4.19. The van der Waals surface area contributed by atoms with Gasteiger partial charge in [-0.05, 0) is 30.9 Å². The second-order valence-corrected chi connectivity index (χ2v) is 5.21. The average Bonchev–Trinajstić information content (AvgIpc) is 2.59. The number of rotatable bonds is 4. The maximum Gasteiger partial charge on any atom is 0.0564 e. The van der Waals surface area contributed by atoms with Gasteiger partial charge < -0.3 is 5.32 Å². The van der Waals surface area contributed by atoms with Gasteiger partial charge in [-0.25, -0.2) is 0 Å². The zero-order valence-electron chi connectivity index (χ0n) is 11.1. The zero-order chi connectivity index (χ0) is 12.3. The van der Waals surface area contributed by atoms with Gasteiger partial charge in [0.15, 0.2) is 0 Å². The van der Waals surface area contributed by atoms with Crippen molar-refractivity contribution in [3.05, 3.63) is 24.0 Å². The molecule has 0 aromatic carbocycles. The molecule has 0 aliphatic carbocycles. The fraction of sp³-hybridized carbons (Fsp3) is 0.643. The first-order chi connectivity index (χ1) is 8.19. The van der Waals surface area contributed by atoms with Crippen LogP contribution in [0.25, 0.3) is 0 Å². The molecule has 1 aliphatic rings. The summed E-state index contributed by atoms with van der Waals surface area (Å²) in [7, 11) is 0. The Kier molecular flexibility index (Phi) is 4.00. The highest BCUT2D eigenvalue weighted by molar-refractivity contribution is 5.42. The predicted molar refractivity (Wildman–Crippen MR) is 72.0 cm³/mol. The van der Waals surface area contributed by atoms with Crippen molar-refractivity contribution in [3.63, 3.8) is 0 Å². The fourth-order valence-corrected chi connectivity index (χ4v) is 2.49. The van der Waals surface area contributed by atoms with E-state index in [2.05, 4.69) is 42.0 Å². The number of likely N-dealkylation sites (tertiary alicyclic amines) is 1. The lowest BCUT2D eigenvalue weighted by atomic mass is 10.0. The van der Waals surface area contributed by atoms with Crippen molar-refractivity contribution in [2.45, 2.75) is 27.3 Å². The molecule has 0 amide bonds. The van der Waals surface area contributed by atoms with Crippen molar-refractivity contribution in [2.24, 2.45) is 11.8 Å². The van der Waals surface area contributed by atoms with Crippen molar-refractivity contribution in [1.29, 1.82) is 0 Å². The van der Waals surface area contributed by atoms with Gasteiger partial charge in [-0.15, -0.1) is 0 Å². The lowest BCUT2D eigenvalue weighted by molar-refractivity contribution is 0.312. The van der Waals surface area contributed by atoms with E-state index >= 15 is 0 Å². The van der Waals surface area contributed by atoms with Gasteiger partial charge in [-0.3, -0.25) is 9.88 Å². The van der Waals surface area contributed by atoms with E-state index in [0.29, 0.717) is 0 Å². The molecule has 94 valence electrons. The molecule has 2 rings (SSSR count). The Hall–Kier alpha value is -1.09. The molecule has 1 aromatic rings. The largest absolute Gasteiger partial charge is 0.385 e. The van der Waals surface area contributed by atoms with Gasteiger partial charge in [0.05, 0.1) is 5.69 Å². The minimum atomic E-state index is 0.812. The number of nitrogens with one attached hydrogen (secondary N) is 1. The summed E-state index contributed by atoms with van der Waals surface area (Å²) in [6.07, 6.45) is 1.90. The van der Waals surface area contributed by atoms with Crippen LogP contribution >= 0.6 is 0 Å². The molecule has 1 saturated heterocycles. The molecule has 0 spiro atoms. The molecule has 17 heavy (non-hydrogen) atoms. The summed E-state index contributed by atoms with van der Waals surface area (Å²) >= 11 is 0. The van der Waals surface area contributed by atoms with Gasteiger partial charge >= 0.3 is 0 Å². The SMILES string of the molecule is CCNc1ccnc(CN2CC(C)C(C)C2)c1. The molecule has 1 N–H and O–H groups in total. The number of pyridine rings is 1. The summed E-state index contributed by atoms with van der Waals surface area (Å²) < 4.78 is 0. The maximum atomic E-state index is 4.45. The number of hydrogen-bond acceptors (Lipinski definition) is 3. The number of hydrogen-bond donors (Lipinski definition) is 1. The fourth-order valence-electron chi connectivity index (χ4n) is 2.49. The van der Waals surface area contributed by atoms with Crippen molar-refractivity contribution < 1.29 is 0 Å². The summed E-state index contributed by atoms with van der Waals surface area (Å²) in [4.78, 5) is 6.96. The summed E-state index contributed by atoms with van der Waals surface area (Å²) in [5.74, 6) is 1.62. The predicted octanol–water partition coefficient (Wildman–Crippen LogP) is 2.60. The van der Waals surface area contributed by atoms with Crippen molar-refractivity contribution >= 4 is 5.69 Å². The van der Waals surface area contributed by atoms with Gasteiger partial charge in [0, 0.05) is 38.1 Å². The highest BCUT2D eigenvalue weighted by Gasteiger charge is 2.25. The van der Waals surface area contributed by atoms with E-state index < -0.39 is 0 Å². The second-order valence-electron chi connectivity index (χ2n) is 5.21. The molecule has 3 heteroatoms. The Labute approximate surface area is 104 Å². The van der Waals surface area contributed by atoms with Crippen molar-refractivity contribution in [2.75, 3.05) is 25.0 Å². The third kappa shape index (κ3) is 3.19. The first kappa shape index (κ1) is 12.4. The molecular weight excluding hydrogens is 210 g/mol. The topological polar surface area (TPSA) is 28.2 Å². The van der Waals surface area contributed by atoms with Gasteiger partial charge in [0.2, 0.25) is 0 Å². The van der Waals surface area contributed by atoms with Crippen LogP contribution in [-0.4, -0.2) is 29.5 Å². The Morgan fingerprint density at radius 3 is 2.71 bits per heavy atom. The molecule has 0 radical (unpaired) electrons. The van der Waals surface area contributed by atoms with E-state index in [9.17, 15) is 0 Å². The monoisotopic (exact) mass is 233 g/mol. The van der Waals surface area contributed by atoms with Crippen LogP contribution in [0.2, 0.25) is 0 Å². The van der Waals surface area contributed by atoms with Crippen LogP contribution in [0.5, 0.6) is 0 Å². The molecular formula is C14H23N3. The van der Waals surface area contributed by atoms with Crippen LogP contribution in [0.15, 0.2) is 18.3 Å². The standard InChI is InChI=1S/C14H23N3/c1-4-15-13-5-6-16-14(7-13)10-17-8-11(2)12(3)9-17/h5-7,11-12H,4,8-10H2,1-3H3,(H,15,16). The van der Waals surface area contributed by atoms with Crippen molar-refractivity contribution in [1.82, 2.24) is 9.88 Å². The first-order valence-electron chi connectivity index (χ1n) is 6.60. The minimum Gasteiger partial charge on any atom is -0.385 e. The molecule has 0 bridgehead atoms. The second kappa shape index (κ2) is 5.50. The van der Waals surface area contributed by atoms with Crippen molar-refractivity contribution in [3.8, 4) is 0 Å². The van der Waals surface area contributed by atoms with Crippen LogP contribution in [-0.2, 0) is 6.54 Å². The molecule has 1 aromatic heterocycles. The van der Waals surface area contributed by atoms with Crippen LogP contribution in [0.4, 0.5) is 5.69 Å². The highest BCUT2D eigenvalue weighted by atomic mass is 15.2. The Morgan fingerprint density at radius 2 is 2.06 bits per heavy atom. The Balaban J connectivity index is 1.97. The van der Waals surface area contributed by atoms with Crippen LogP contribution in [0.1, 0.15) is 26.5 Å². The van der Waals surface area contributed by atoms with E-state index in [4.69, 9.17) is 0 Å². The van der Waals surface area contributed by atoms with E-state index in [0.717, 1.165) is 24.9 Å². The molecule has 0 saturated carbocycles. The molecule has 1 aliphatic heterocycles. The summed E-state index contributed by atoms with van der Waals surface area (Å²) in [5.41, 5.74) is 2.35. The van der Waals surface area contributed by atoms with Gasteiger partial charge in [0.25, 0.3) is 0 Å². The normalized spacial score (nSPS) is 25.1. The molecule has 2 heterocycles. The van der Waals surface area contributed by atoms with E-state index in [1.165, 1.54) is 24.5 Å². The Morgan fingerprint density at radius 1 is 1.35 bits per heavy atom. The number of nitrogens with zero attached hydrogens (tertiary/aromatic N) is 2. The average molecular weight is 233 g/mol. The highest BCUT2D eigenvalue weighted by Crippen LogP contribution is 2.23. The lowest BCUT2D eigenvalue weighted by Gasteiger charge is -2.15. The van der Waals surface area contributed by atoms with E-state index in [1.807, 2.05) is 12.3 Å². The third-order valence-corrected chi connectivity index (χ3v) is 3.65. The minimum absolute atomic E-state index is 0.812. The van der Waals surface area contributed by atoms with E-state index in [-0.39, 0.29) is 0 Å². The summed E-state index contributed by atoms with van der Waals surface area (Å²) in [5, 5.41) is 3.33. The molecule has 2 atom stereocenters. The third-order valence-electron chi connectivity index (χ3n) is 3.65. The quantitative estimate of drug-likeness (QED) is 0.866. The molecule has 2 unspecified atom stereocenters. The summed E-state index contributed by atoms with van der Waals surface area (Å²) in [6.45, 7) is 11.1. The first-order valence-corrected chi connectivity index (χ1v) is 6.60.